The van der Waals surface area contributed by atoms with E-state index in [9.17, 15) is 4.39 Å². The van der Waals surface area contributed by atoms with E-state index in [1.807, 2.05) is 19.2 Å². The largest absolute Gasteiger partial charge is 0.326 e. The standard InChI is InChI=1S/C12H14FN3/c1-9-11(6-14)8-16(15-9)7-10-3-2-4-12(13)5-10/h2-5,8H,6-7,14H2,1H3. The summed E-state index contributed by atoms with van der Waals surface area (Å²) in [6.45, 7) is 2.97. The Bertz CT molecular complexity index is 491. The molecule has 2 N–H and O–H groups in total. The van der Waals surface area contributed by atoms with Crippen LogP contribution in [0, 0.1) is 12.7 Å². The number of nitrogens with two attached hydrogens (primary N) is 1. The average molecular weight is 219 g/mol. The predicted molar refractivity (Wildman–Crippen MR) is 60.4 cm³/mol. The van der Waals surface area contributed by atoms with E-state index in [2.05, 4.69) is 5.10 Å². The second-order valence-electron chi connectivity index (χ2n) is 3.77. The summed E-state index contributed by atoms with van der Waals surface area (Å²) in [4.78, 5) is 0. The molecule has 1 aromatic carbocycles. The van der Waals surface area contributed by atoms with Gasteiger partial charge in [-0.25, -0.2) is 4.39 Å². The first-order valence-electron chi connectivity index (χ1n) is 5.16. The molecule has 2 rings (SSSR count). The van der Waals surface area contributed by atoms with Gasteiger partial charge in [0.1, 0.15) is 5.82 Å². The van der Waals surface area contributed by atoms with Crippen molar-refractivity contribution >= 4 is 0 Å². The van der Waals surface area contributed by atoms with Gasteiger partial charge in [-0.15, -0.1) is 0 Å². The maximum atomic E-state index is 13.0. The first-order chi connectivity index (χ1) is 7.69. The number of halogens is 1. The monoisotopic (exact) mass is 219 g/mol. The van der Waals surface area contributed by atoms with Gasteiger partial charge in [0.05, 0.1) is 12.2 Å². The van der Waals surface area contributed by atoms with Gasteiger partial charge < -0.3 is 5.73 Å². The Kier molecular flexibility index (Phi) is 3.01. The van der Waals surface area contributed by atoms with E-state index in [1.165, 1.54) is 12.1 Å². The maximum Gasteiger partial charge on any atom is 0.123 e. The molecule has 0 radical (unpaired) electrons. The molecule has 0 fully saturated rings. The molecule has 0 saturated heterocycles. The normalized spacial score (nSPS) is 10.7. The van der Waals surface area contributed by atoms with Crippen molar-refractivity contribution in [3.63, 3.8) is 0 Å². The van der Waals surface area contributed by atoms with Gasteiger partial charge in [-0.3, -0.25) is 4.68 Å². The third-order valence-corrected chi connectivity index (χ3v) is 2.50. The molecule has 84 valence electrons. The minimum Gasteiger partial charge on any atom is -0.326 e. The van der Waals surface area contributed by atoms with Crippen LogP contribution in [-0.2, 0) is 13.1 Å². The molecule has 1 heterocycles. The molecule has 0 aliphatic heterocycles. The third kappa shape index (κ3) is 2.28. The Morgan fingerprint density at radius 2 is 2.25 bits per heavy atom. The van der Waals surface area contributed by atoms with E-state index in [1.54, 1.807) is 10.7 Å². The minimum atomic E-state index is -0.222. The Hall–Kier alpha value is -1.68. The highest BCUT2D eigenvalue weighted by Gasteiger charge is 2.03. The summed E-state index contributed by atoms with van der Waals surface area (Å²) in [7, 11) is 0. The zero-order chi connectivity index (χ0) is 11.5. The number of hydrogen-bond donors (Lipinski definition) is 1. The molecule has 16 heavy (non-hydrogen) atoms. The van der Waals surface area contributed by atoms with E-state index in [0.29, 0.717) is 13.1 Å². The molecule has 4 heteroatoms. The fourth-order valence-corrected chi connectivity index (χ4v) is 1.66. The molecular weight excluding hydrogens is 205 g/mol. The number of aromatic nitrogens is 2. The molecule has 0 saturated carbocycles. The third-order valence-electron chi connectivity index (χ3n) is 2.50. The second kappa shape index (κ2) is 4.45. The quantitative estimate of drug-likeness (QED) is 0.856. The van der Waals surface area contributed by atoms with E-state index >= 15 is 0 Å². The summed E-state index contributed by atoms with van der Waals surface area (Å²) in [5.41, 5.74) is 8.42. The Morgan fingerprint density at radius 3 is 2.88 bits per heavy atom. The topological polar surface area (TPSA) is 43.8 Å². The van der Waals surface area contributed by atoms with Crippen LogP contribution >= 0.6 is 0 Å². The molecule has 0 unspecified atom stereocenters. The zero-order valence-corrected chi connectivity index (χ0v) is 9.15. The van der Waals surface area contributed by atoms with Crippen molar-refractivity contribution in [1.82, 2.24) is 9.78 Å². The van der Waals surface area contributed by atoms with Crippen LogP contribution in [0.2, 0.25) is 0 Å². The van der Waals surface area contributed by atoms with Gasteiger partial charge in [0.15, 0.2) is 0 Å². The van der Waals surface area contributed by atoms with Crippen molar-refractivity contribution in [2.45, 2.75) is 20.0 Å². The maximum absolute atomic E-state index is 13.0. The van der Waals surface area contributed by atoms with Crippen molar-refractivity contribution < 1.29 is 4.39 Å². The van der Waals surface area contributed by atoms with Crippen LogP contribution in [0.15, 0.2) is 30.5 Å². The smallest absolute Gasteiger partial charge is 0.123 e. The van der Waals surface area contributed by atoms with Crippen LogP contribution in [-0.4, -0.2) is 9.78 Å². The fraction of sp³-hybridized carbons (Fsp3) is 0.250. The van der Waals surface area contributed by atoms with Crippen LogP contribution in [0.4, 0.5) is 4.39 Å². The van der Waals surface area contributed by atoms with E-state index < -0.39 is 0 Å². The molecule has 3 nitrogen and oxygen atoms in total. The summed E-state index contributed by atoms with van der Waals surface area (Å²) in [6.07, 6.45) is 1.90. The van der Waals surface area contributed by atoms with Crippen LogP contribution in [0.3, 0.4) is 0 Å². The Morgan fingerprint density at radius 1 is 1.44 bits per heavy atom. The molecule has 2 aromatic rings. The molecule has 0 bridgehead atoms. The zero-order valence-electron chi connectivity index (χ0n) is 9.15. The molecular formula is C12H14FN3. The number of benzene rings is 1. The van der Waals surface area contributed by atoms with Crippen molar-refractivity contribution in [1.29, 1.82) is 0 Å². The first kappa shape index (κ1) is 10.8. The van der Waals surface area contributed by atoms with Crippen LogP contribution in [0.5, 0.6) is 0 Å². The first-order valence-corrected chi connectivity index (χ1v) is 5.16. The summed E-state index contributed by atoms with van der Waals surface area (Å²) < 4.78 is 14.8. The minimum absolute atomic E-state index is 0.222. The van der Waals surface area contributed by atoms with Gasteiger partial charge in [-0.05, 0) is 24.6 Å². The number of nitrogens with zero attached hydrogens (tertiary/aromatic N) is 2. The lowest BCUT2D eigenvalue weighted by molar-refractivity contribution is 0.618. The van der Waals surface area contributed by atoms with Crippen LogP contribution in [0.25, 0.3) is 0 Å². The Balaban J connectivity index is 2.20. The average Bonchev–Trinajstić information content (AvgIpc) is 2.58. The van der Waals surface area contributed by atoms with Gasteiger partial charge in [0.25, 0.3) is 0 Å². The lowest BCUT2D eigenvalue weighted by atomic mass is 10.2. The molecule has 0 aliphatic rings. The Labute approximate surface area is 93.7 Å². The van der Waals surface area contributed by atoms with Crippen molar-refractivity contribution in [2.24, 2.45) is 5.73 Å². The van der Waals surface area contributed by atoms with Crippen molar-refractivity contribution in [3.05, 3.63) is 53.1 Å². The molecule has 1 aromatic heterocycles. The van der Waals surface area contributed by atoms with Gasteiger partial charge in [0.2, 0.25) is 0 Å². The van der Waals surface area contributed by atoms with Gasteiger partial charge in [-0.2, -0.15) is 5.10 Å². The van der Waals surface area contributed by atoms with Gasteiger partial charge in [-0.1, -0.05) is 12.1 Å². The van der Waals surface area contributed by atoms with Crippen LogP contribution in [0.1, 0.15) is 16.8 Å². The molecule has 0 amide bonds. The highest BCUT2D eigenvalue weighted by Crippen LogP contribution is 2.09. The fourth-order valence-electron chi connectivity index (χ4n) is 1.66. The lowest BCUT2D eigenvalue weighted by Gasteiger charge is -2.01. The summed E-state index contributed by atoms with van der Waals surface area (Å²) in [5, 5.41) is 4.32. The summed E-state index contributed by atoms with van der Waals surface area (Å²) in [6, 6.07) is 6.52. The van der Waals surface area contributed by atoms with Crippen molar-refractivity contribution in [3.8, 4) is 0 Å². The van der Waals surface area contributed by atoms with E-state index in [4.69, 9.17) is 5.73 Å². The summed E-state index contributed by atoms with van der Waals surface area (Å²) >= 11 is 0. The van der Waals surface area contributed by atoms with Crippen molar-refractivity contribution in [2.75, 3.05) is 0 Å². The highest BCUT2D eigenvalue weighted by atomic mass is 19.1. The SMILES string of the molecule is Cc1nn(Cc2cccc(F)c2)cc1CN. The van der Waals surface area contributed by atoms with E-state index in [-0.39, 0.29) is 5.82 Å². The number of aryl methyl sites for hydroxylation is 1. The van der Waals surface area contributed by atoms with Crippen LogP contribution < -0.4 is 5.73 Å². The molecule has 0 atom stereocenters. The predicted octanol–water partition coefficient (Wildman–Crippen LogP) is 1.84. The number of hydrogen-bond acceptors (Lipinski definition) is 2. The number of rotatable bonds is 3. The van der Waals surface area contributed by atoms with Gasteiger partial charge >= 0.3 is 0 Å². The van der Waals surface area contributed by atoms with E-state index in [0.717, 1.165) is 16.8 Å². The lowest BCUT2D eigenvalue weighted by Crippen LogP contribution is -2.00. The molecule has 0 spiro atoms. The van der Waals surface area contributed by atoms with Gasteiger partial charge in [0, 0.05) is 18.3 Å². The molecule has 0 aliphatic carbocycles. The second-order valence-corrected chi connectivity index (χ2v) is 3.77. The summed E-state index contributed by atoms with van der Waals surface area (Å²) in [5.74, 6) is -0.222. The highest BCUT2D eigenvalue weighted by molar-refractivity contribution is 5.19.